The molecule has 0 heterocycles. The van der Waals surface area contributed by atoms with Crippen molar-refractivity contribution in [2.24, 2.45) is 4.99 Å². The molecule has 1 aliphatic carbocycles. The van der Waals surface area contributed by atoms with E-state index in [1.54, 1.807) is 28.4 Å². The van der Waals surface area contributed by atoms with Gasteiger partial charge in [-0.2, -0.15) is 11.8 Å². The number of rotatable bonds is 7. The summed E-state index contributed by atoms with van der Waals surface area (Å²) in [6.45, 7) is 0.585. The molecule has 2 N–H and O–H groups in total. The number of hydrogen-bond acceptors (Lipinski definition) is 5. The van der Waals surface area contributed by atoms with Crippen molar-refractivity contribution in [1.29, 1.82) is 0 Å². The van der Waals surface area contributed by atoms with Gasteiger partial charge in [-0.15, -0.1) is 0 Å². The third-order valence-corrected chi connectivity index (χ3v) is 5.61. The second-order valence-corrected chi connectivity index (χ2v) is 7.07. The maximum Gasteiger partial charge on any atom is 0.203 e. The maximum absolute atomic E-state index is 5.53. The lowest BCUT2D eigenvalue weighted by atomic mass is 10.1. The van der Waals surface area contributed by atoms with Crippen LogP contribution >= 0.6 is 11.8 Å². The average Bonchev–Trinajstić information content (AvgIpc) is 3.11. The number of ether oxygens (including phenoxy) is 3. The molecule has 25 heavy (non-hydrogen) atoms. The highest BCUT2D eigenvalue weighted by atomic mass is 32.2. The van der Waals surface area contributed by atoms with Crippen LogP contribution in [0.1, 0.15) is 24.8 Å². The molecule has 7 heteroatoms. The Morgan fingerprint density at radius 2 is 1.92 bits per heavy atom. The number of nitrogens with zero attached hydrogens (tertiary/aromatic N) is 1. The number of hydrogen-bond donors (Lipinski definition) is 2. The molecule has 1 aromatic rings. The lowest BCUT2D eigenvalue weighted by molar-refractivity contribution is 0.322. The molecular formula is C18H29N3O3S. The van der Waals surface area contributed by atoms with E-state index in [1.807, 2.05) is 23.9 Å². The van der Waals surface area contributed by atoms with Crippen molar-refractivity contribution >= 4 is 17.7 Å². The summed E-state index contributed by atoms with van der Waals surface area (Å²) in [5.74, 6) is 2.74. The summed E-state index contributed by atoms with van der Waals surface area (Å²) in [4.78, 5) is 4.34. The Balaban J connectivity index is 2.02. The van der Waals surface area contributed by atoms with Gasteiger partial charge in [0.15, 0.2) is 17.5 Å². The fourth-order valence-electron chi connectivity index (χ4n) is 3.15. The number of thioether (sulfide) groups is 1. The Morgan fingerprint density at radius 1 is 1.16 bits per heavy atom. The van der Waals surface area contributed by atoms with Crippen LogP contribution in [-0.4, -0.2) is 51.9 Å². The van der Waals surface area contributed by atoms with Crippen LogP contribution in [0.4, 0.5) is 0 Å². The molecule has 1 aromatic carbocycles. The highest BCUT2D eigenvalue weighted by molar-refractivity contribution is 7.99. The van der Waals surface area contributed by atoms with Crippen LogP contribution in [0.2, 0.25) is 0 Å². The second kappa shape index (κ2) is 9.65. The van der Waals surface area contributed by atoms with Crippen LogP contribution in [0.15, 0.2) is 17.1 Å². The summed E-state index contributed by atoms with van der Waals surface area (Å²) >= 11 is 1.95. The van der Waals surface area contributed by atoms with E-state index in [0.717, 1.165) is 16.8 Å². The van der Waals surface area contributed by atoms with Gasteiger partial charge in [-0.3, -0.25) is 4.99 Å². The summed E-state index contributed by atoms with van der Waals surface area (Å²) in [5.41, 5.74) is 0.983. The topological polar surface area (TPSA) is 64.1 Å². The summed E-state index contributed by atoms with van der Waals surface area (Å²) < 4.78 is 16.3. The Kier molecular flexibility index (Phi) is 7.55. The van der Waals surface area contributed by atoms with Crippen molar-refractivity contribution in [2.45, 2.75) is 37.1 Å². The molecule has 0 radical (unpaired) electrons. The Bertz CT molecular complexity index is 595. The maximum atomic E-state index is 5.53. The van der Waals surface area contributed by atoms with Crippen molar-refractivity contribution in [3.05, 3.63) is 17.7 Å². The number of guanidine groups is 1. The molecule has 0 spiro atoms. The average molecular weight is 368 g/mol. The zero-order valence-electron chi connectivity index (χ0n) is 15.7. The van der Waals surface area contributed by atoms with Gasteiger partial charge in [0.2, 0.25) is 5.75 Å². The number of aliphatic imine (C=N–C) groups is 1. The largest absolute Gasteiger partial charge is 0.493 e. The molecule has 0 aliphatic heterocycles. The van der Waals surface area contributed by atoms with Crippen LogP contribution in [-0.2, 0) is 6.54 Å². The number of nitrogens with one attached hydrogen (secondary N) is 2. The van der Waals surface area contributed by atoms with Crippen molar-refractivity contribution in [3.63, 3.8) is 0 Å². The zero-order chi connectivity index (χ0) is 18.2. The van der Waals surface area contributed by atoms with Crippen molar-refractivity contribution < 1.29 is 14.2 Å². The molecule has 6 nitrogen and oxygen atoms in total. The highest BCUT2D eigenvalue weighted by Gasteiger charge is 2.24. The first kappa shape index (κ1) is 19.6. The van der Waals surface area contributed by atoms with Crippen LogP contribution in [0.25, 0.3) is 0 Å². The van der Waals surface area contributed by atoms with Gasteiger partial charge in [0.25, 0.3) is 0 Å². The van der Waals surface area contributed by atoms with Gasteiger partial charge in [-0.05, 0) is 37.7 Å². The molecule has 2 rings (SSSR count). The van der Waals surface area contributed by atoms with Crippen molar-refractivity contribution in [2.75, 3.05) is 34.6 Å². The minimum absolute atomic E-state index is 0.482. The van der Waals surface area contributed by atoms with E-state index in [1.165, 1.54) is 19.3 Å². The molecule has 2 atom stereocenters. The minimum Gasteiger partial charge on any atom is -0.493 e. The normalized spacial score (nSPS) is 20.3. The SMILES string of the molecule is CN=C(NCc1ccc(OC)c(OC)c1OC)NC1CCC(SC)C1. The van der Waals surface area contributed by atoms with Crippen LogP contribution < -0.4 is 24.8 Å². The first-order valence-corrected chi connectivity index (χ1v) is 9.73. The van der Waals surface area contributed by atoms with Crippen LogP contribution in [0.5, 0.6) is 17.2 Å². The Hall–Kier alpha value is -1.76. The van der Waals surface area contributed by atoms with Crippen LogP contribution in [0.3, 0.4) is 0 Å². The quantitative estimate of drug-likeness (QED) is 0.571. The summed E-state index contributed by atoms with van der Waals surface area (Å²) in [6.07, 6.45) is 5.82. The molecule has 1 fully saturated rings. The first-order valence-electron chi connectivity index (χ1n) is 8.44. The highest BCUT2D eigenvalue weighted by Crippen LogP contribution is 2.39. The van der Waals surface area contributed by atoms with Gasteiger partial charge in [0.1, 0.15) is 0 Å². The van der Waals surface area contributed by atoms with Gasteiger partial charge in [0.05, 0.1) is 21.3 Å². The van der Waals surface area contributed by atoms with E-state index in [0.29, 0.717) is 29.8 Å². The summed E-state index contributed by atoms with van der Waals surface area (Å²) in [6, 6.07) is 4.34. The van der Waals surface area contributed by atoms with Gasteiger partial charge >= 0.3 is 0 Å². The molecule has 0 amide bonds. The van der Waals surface area contributed by atoms with E-state index >= 15 is 0 Å². The second-order valence-electron chi connectivity index (χ2n) is 5.93. The zero-order valence-corrected chi connectivity index (χ0v) is 16.5. The van der Waals surface area contributed by atoms with Gasteiger partial charge in [-0.1, -0.05) is 0 Å². The molecule has 0 saturated heterocycles. The molecule has 1 saturated carbocycles. The standard InChI is InChI=1S/C18H29N3O3S/c1-19-18(21-13-7-8-14(10-13)25-5)20-11-12-6-9-15(22-2)17(24-4)16(12)23-3/h6,9,13-14H,7-8,10-11H2,1-5H3,(H2,19,20,21). The fraction of sp³-hybridized carbons (Fsp3) is 0.611. The molecule has 0 aromatic heterocycles. The molecule has 2 unspecified atom stereocenters. The minimum atomic E-state index is 0.482. The van der Waals surface area contributed by atoms with E-state index in [4.69, 9.17) is 14.2 Å². The van der Waals surface area contributed by atoms with Crippen molar-refractivity contribution in [1.82, 2.24) is 10.6 Å². The van der Waals surface area contributed by atoms with Gasteiger partial charge in [0, 0.05) is 30.4 Å². The van der Waals surface area contributed by atoms with Gasteiger partial charge < -0.3 is 24.8 Å². The van der Waals surface area contributed by atoms with E-state index in [9.17, 15) is 0 Å². The molecule has 140 valence electrons. The van der Waals surface area contributed by atoms with E-state index in [-0.39, 0.29) is 0 Å². The molecule has 0 bridgehead atoms. The van der Waals surface area contributed by atoms with Gasteiger partial charge in [-0.25, -0.2) is 0 Å². The van der Waals surface area contributed by atoms with E-state index in [2.05, 4.69) is 21.9 Å². The number of methoxy groups -OCH3 is 3. The lowest BCUT2D eigenvalue weighted by Crippen LogP contribution is -2.42. The summed E-state index contributed by atoms with van der Waals surface area (Å²) in [5, 5.41) is 7.63. The van der Waals surface area contributed by atoms with Crippen LogP contribution in [0, 0.1) is 0 Å². The summed E-state index contributed by atoms with van der Waals surface area (Å²) in [7, 11) is 6.65. The Morgan fingerprint density at radius 3 is 2.48 bits per heavy atom. The smallest absolute Gasteiger partial charge is 0.203 e. The number of benzene rings is 1. The monoisotopic (exact) mass is 367 g/mol. The van der Waals surface area contributed by atoms with E-state index < -0.39 is 0 Å². The third-order valence-electron chi connectivity index (χ3n) is 4.51. The third kappa shape index (κ3) is 4.87. The van der Waals surface area contributed by atoms with Crippen molar-refractivity contribution in [3.8, 4) is 17.2 Å². The predicted octanol–water partition coefficient (Wildman–Crippen LogP) is 2.66. The fourth-order valence-corrected chi connectivity index (χ4v) is 3.95. The molecule has 1 aliphatic rings. The first-order chi connectivity index (χ1) is 12.2. The Labute approximate surface area is 154 Å². The predicted molar refractivity (Wildman–Crippen MR) is 104 cm³/mol. The lowest BCUT2D eigenvalue weighted by Gasteiger charge is -2.19. The molecular weight excluding hydrogens is 338 g/mol.